The van der Waals surface area contributed by atoms with Crippen molar-refractivity contribution in [3.05, 3.63) is 70.3 Å². The smallest absolute Gasteiger partial charge is 0.301 e. The number of morpholine rings is 1. The Labute approximate surface area is 221 Å². The Morgan fingerprint density at radius 2 is 1.97 bits per heavy atom. The fourth-order valence-corrected chi connectivity index (χ4v) is 5.35. The first-order valence-corrected chi connectivity index (χ1v) is 13.0. The number of pyridine rings is 1. The van der Waals surface area contributed by atoms with Crippen molar-refractivity contribution in [3.63, 3.8) is 0 Å². The van der Waals surface area contributed by atoms with E-state index < -0.39 is 0 Å². The number of nitrogens with one attached hydrogen (secondary N) is 2. The van der Waals surface area contributed by atoms with Gasteiger partial charge >= 0.3 is 6.01 Å². The minimum atomic E-state index is -0.352. The fourth-order valence-electron chi connectivity index (χ4n) is 4.36. The van der Waals surface area contributed by atoms with Crippen LogP contribution >= 0.6 is 23.4 Å². The number of hydrogen-bond acceptors (Lipinski definition) is 8. The number of nitrogens with zero attached hydrogens (tertiary/aromatic N) is 3. The van der Waals surface area contributed by atoms with Crippen molar-refractivity contribution >= 4 is 51.4 Å². The predicted molar refractivity (Wildman–Crippen MR) is 143 cm³/mol. The number of amides is 2. The fraction of sp³-hybridized carbons (Fsp3) is 0.231. The van der Waals surface area contributed by atoms with Gasteiger partial charge < -0.3 is 19.4 Å². The van der Waals surface area contributed by atoms with Gasteiger partial charge in [-0.15, -0.1) is 0 Å². The Bertz CT molecular complexity index is 1470. The van der Waals surface area contributed by atoms with Crippen molar-refractivity contribution < 1.29 is 19.1 Å². The van der Waals surface area contributed by atoms with Crippen LogP contribution in [0.25, 0.3) is 22.4 Å². The number of aromatic nitrogens is 3. The lowest BCUT2D eigenvalue weighted by Gasteiger charge is -2.28. The van der Waals surface area contributed by atoms with Crippen molar-refractivity contribution in [2.75, 3.05) is 31.2 Å². The molecule has 2 N–H and O–H groups in total. The molecule has 2 fully saturated rings. The van der Waals surface area contributed by atoms with Crippen molar-refractivity contribution in [2.45, 2.75) is 6.42 Å². The number of carbonyl (C=O) groups excluding carboxylic acids is 2. The number of benzene rings is 1. The molecule has 1 atom stereocenters. The topological polar surface area (TPSA) is 109 Å². The molecule has 0 radical (unpaired) electrons. The van der Waals surface area contributed by atoms with Gasteiger partial charge in [-0.2, -0.15) is 4.98 Å². The number of rotatable bonds is 5. The molecule has 1 aliphatic carbocycles. The van der Waals surface area contributed by atoms with Crippen LogP contribution in [0.5, 0.6) is 6.01 Å². The number of fused-ring (bicyclic) bond motifs is 1. The van der Waals surface area contributed by atoms with Crippen molar-refractivity contribution in [1.29, 1.82) is 0 Å². The molecule has 188 valence electrons. The van der Waals surface area contributed by atoms with E-state index >= 15 is 0 Å². The molecule has 0 spiro atoms. The summed E-state index contributed by atoms with van der Waals surface area (Å²) in [6.45, 7) is 3.23. The Morgan fingerprint density at radius 1 is 1.16 bits per heavy atom. The molecule has 2 aromatic heterocycles. The number of carbonyl (C=O) groups is 2. The molecule has 3 aliphatic rings. The highest BCUT2D eigenvalue weighted by atomic mass is 35.5. The molecule has 4 heterocycles. The lowest BCUT2D eigenvalue weighted by molar-refractivity contribution is -0.115. The maximum absolute atomic E-state index is 11.7. The molecule has 2 amide bonds. The second kappa shape index (κ2) is 10.0. The SMILES string of the molecule is O=C1NC(=O)/C(=C/C2C=CC(Oc3nc4nc(-c5ccc(N6CCOCC6)cc5)c(Cl)cc4[nH]3)=CC2)S1. The summed E-state index contributed by atoms with van der Waals surface area (Å²) < 4.78 is 11.3. The number of halogens is 1. The molecule has 2 aliphatic heterocycles. The van der Waals surface area contributed by atoms with E-state index in [-0.39, 0.29) is 17.1 Å². The van der Waals surface area contributed by atoms with E-state index in [1.807, 2.05) is 30.4 Å². The van der Waals surface area contributed by atoms with E-state index in [4.69, 9.17) is 21.1 Å². The zero-order valence-corrected chi connectivity index (χ0v) is 21.1. The largest absolute Gasteiger partial charge is 0.426 e. The molecule has 37 heavy (non-hydrogen) atoms. The average Bonchev–Trinajstić information content (AvgIpc) is 3.45. The monoisotopic (exact) mass is 535 g/mol. The summed E-state index contributed by atoms with van der Waals surface area (Å²) in [6.07, 6.45) is 8.08. The van der Waals surface area contributed by atoms with E-state index in [0.717, 1.165) is 49.3 Å². The number of imidazole rings is 1. The zero-order valence-electron chi connectivity index (χ0n) is 19.6. The maximum Gasteiger partial charge on any atom is 0.301 e. The Balaban J connectivity index is 1.15. The highest BCUT2D eigenvalue weighted by Gasteiger charge is 2.26. The molecule has 0 saturated carbocycles. The lowest BCUT2D eigenvalue weighted by Crippen LogP contribution is -2.36. The number of imide groups is 1. The van der Waals surface area contributed by atoms with Crippen LogP contribution in [0, 0.1) is 5.92 Å². The van der Waals surface area contributed by atoms with E-state index in [1.54, 1.807) is 12.1 Å². The summed E-state index contributed by atoms with van der Waals surface area (Å²) in [5.74, 6) is 0.272. The summed E-state index contributed by atoms with van der Waals surface area (Å²) in [7, 11) is 0. The second-order valence-electron chi connectivity index (χ2n) is 8.72. The Kier molecular flexibility index (Phi) is 6.45. The molecule has 3 aromatic rings. The molecular weight excluding hydrogens is 514 g/mol. The summed E-state index contributed by atoms with van der Waals surface area (Å²) in [5.41, 5.74) is 3.88. The first kappa shape index (κ1) is 23.8. The molecule has 11 heteroatoms. The van der Waals surface area contributed by atoms with Gasteiger partial charge in [-0.25, -0.2) is 4.98 Å². The average molecular weight is 536 g/mol. The molecule has 1 unspecified atom stereocenters. The first-order chi connectivity index (χ1) is 18.0. The van der Waals surface area contributed by atoms with Crippen LogP contribution in [-0.2, 0) is 9.53 Å². The Morgan fingerprint density at radius 3 is 2.68 bits per heavy atom. The van der Waals surface area contributed by atoms with Crippen LogP contribution in [0.15, 0.2) is 65.3 Å². The molecule has 0 bridgehead atoms. The summed E-state index contributed by atoms with van der Waals surface area (Å²) in [6, 6.07) is 10.3. The summed E-state index contributed by atoms with van der Waals surface area (Å²) >= 11 is 7.49. The highest BCUT2D eigenvalue weighted by molar-refractivity contribution is 8.18. The van der Waals surface area contributed by atoms with E-state index in [0.29, 0.717) is 45.0 Å². The number of thioether (sulfide) groups is 1. The number of aromatic amines is 1. The number of anilines is 1. The van der Waals surface area contributed by atoms with Crippen molar-refractivity contribution in [1.82, 2.24) is 20.3 Å². The van der Waals surface area contributed by atoms with Crippen molar-refractivity contribution in [2.24, 2.45) is 5.92 Å². The Hall–Kier alpha value is -3.60. The van der Waals surface area contributed by atoms with E-state index in [1.165, 1.54) is 0 Å². The predicted octanol–water partition coefficient (Wildman–Crippen LogP) is 4.82. The third-order valence-electron chi connectivity index (χ3n) is 6.24. The zero-order chi connectivity index (χ0) is 25.4. The van der Waals surface area contributed by atoms with Gasteiger partial charge in [0.2, 0.25) is 0 Å². The van der Waals surface area contributed by atoms with Crippen molar-refractivity contribution in [3.8, 4) is 17.3 Å². The molecule has 6 rings (SSSR count). The third-order valence-corrected chi connectivity index (χ3v) is 7.36. The second-order valence-corrected chi connectivity index (χ2v) is 10.1. The van der Waals surface area contributed by atoms with Crippen LogP contribution < -0.4 is 15.0 Å². The normalized spacial score (nSPS) is 21.0. The van der Waals surface area contributed by atoms with Crippen LogP contribution in [0.2, 0.25) is 5.02 Å². The number of H-pyrrole nitrogens is 1. The van der Waals surface area contributed by atoms with Gasteiger partial charge in [-0.1, -0.05) is 35.9 Å². The van der Waals surface area contributed by atoms with Gasteiger partial charge in [0.25, 0.3) is 11.1 Å². The van der Waals surface area contributed by atoms with Gasteiger partial charge in [0.05, 0.1) is 34.4 Å². The molecule has 1 aromatic carbocycles. The number of hydrogen-bond donors (Lipinski definition) is 2. The first-order valence-electron chi connectivity index (χ1n) is 11.8. The maximum atomic E-state index is 11.7. The van der Waals surface area contributed by atoms with Gasteiger partial charge in [-0.3, -0.25) is 14.9 Å². The number of ether oxygens (including phenoxy) is 2. The number of allylic oxidation sites excluding steroid dienone is 4. The molecule has 2 saturated heterocycles. The summed E-state index contributed by atoms with van der Waals surface area (Å²) in [5, 5.41) is 2.43. The standard InChI is InChI=1S/C26H22ClN5O4S/c27-19-14-20-23(29-22(19)16-3-5-17(6-4-16)32-9-11-35-12-10-32)30-25(28-20)36-18-7-1-15(2-8-18)13-21-24(33)31-26(34)37-21/h1,3-8,13-15H,2,9-12H2,(H,28,29,30)(H,31,33,34)/b21-13-. The summed E-state index contributed by atoms with van der Waals surface area (Å²) in [4.78, 5) is 38.1. The lowest BCUT2D eigenvalue weighted by atomic mass is 9.99. The van der Waals surface area contributed by atoms with Crippen LogP contribution in [0.1, 0.15) is 6.42 Å². The van der Waals surface area contributed by atoms with Crippen LogP contribution in [0.3, 0.4) is 0 Å². The molecule has 9 nitrogen and oxygen atoms in total. The van der Waals surface area contributed by atoms with Gasteiger partial charge in [-0.05, 0) is 48.5 Å². The van der Waals surface area contributed by atoms with Gasteiger partial charge in [0, 0.05) is 30.3 Å². The van der Waals surface area contributed by atoms with Crippen LogP contribution in [-0.4, -0.2) is 52.4 Å². The minimum Gasteiger partial charge on any atom is -0.426 e. The minimum absolute atomic E-state index is 0.000148. The van der Waals surface area contributed by atoms with Gasteiger partial charge in [0.15, 0.2) is 5.65 Å². The third kappa shape index (κ3) is 5.13. The van der Waals surface area contributed by atoms with E-state index in [9.17, 15) is 9.59 Å². The quantitative estimate of drug-likeness (QED) is 0.447. The molecular formula is C26H22ClN5O4S. The van der Waals surface area contributed by atoms with Crippen LogP contribution in [0.4, 0.5) is 10.5 Å². The highest BCUT2D eigenvalue weighted by Crippen LogP contribution is 2.32. The van der Waals surface area contributed by atoms with E-state index in [2.05, 4.69) is 37.3 Å². The van der Waals surface area contributed by atoms with Gasteiger partial charge in [0.1, 0.15) is 5.76 Å².